The Morgan fingerprint density at radius 1 is 1.19 bits per heavy atom. The van der Waals surface area contributed by atoms with Crippen LogP contribution in [0.1, 0.15) is 50.5 Å². The Balaban J connectivity index is 1.74. The van der Waals surface area contributed by atoms with Crippen molar-refractivity contribution < 1.29 is 14.1 Å². The molecule has 31 heavy (non-hydrogen) atoms. The van der Waals surface area contributed by atoms with Gasteiger partial charge in [-0.1, -0.05) is 41.4 Å². The van der Waals surface area contributed by atoms with Gasteiger partial charge < -0.3 is 11.5 Å². The number of rotatable bonds is 6. The minimum Gasteiger partial charge on any atom is -0.364 e. The first-order valence-corrected chi connectivity index (χ1v) is 12.2. The van der Waals surface area contributed by atoms with Gasteiger partial charge >= 0.3 is 5.91 Å². The van der Waals surface area contributed by atoms with E-state index in [0.29, 0.717) is 24.5 Å². The van der Waals surface area contributed by atoms with Crippen LogP contribution in [0.4, 0.5) is 0 Å². The third-order valence-corrected chi connectivity index (χ3v) is 7.74. The van der Waals surface area contributed by atoms with E-state index in [2.05, 4.69) is 9.59 Å². The molecule has 2 heterocycles. The van der Waals surface area contributed by atoms with E-state index >= 15 is 0 Å². The Hall–Kier alpha value is -1.87. The van der Waals surface area contributed by atoms with Crippen LogP contribution in [0, 0.1) is 5.92 Å². The summed E-state index contributed by atoms with van der Waals surface area (Å²) in [5, 5.41) is 6.63. The molecule has 3 atom stereocenters. The van der Waals surface area contributed by atoms with Crippen molar-refractivity contribution in [2.24, 2.45) is 17.4 Å². The van der Waals surface area contributed by atoms with Gasteiger partial charge in [0.05, 0.1) is 6.54 Å². The zero-order valence-corrected chi connectivity index (χ0v) is 19.1. The van der Waals surface area contributed by atoms with E-state index < -0.39 is 18.0 Å². The van der Waals surface area contributed by atoms with Crippen LogP contribution in [0.15, 0.2) is 23.6 Å². The predicted octanol–water partition coefficient (Wildman–Crippen LogP) is 3.26. The maximum atomic E-state index is 13.9. The van der Waals surface area contributed by atoms with Crippen LogP contribution in [0.5, 0.6) is 0 Å². The van der Waals surface area contributed by atoms with E-state index in [1.54, 1.807) is 6.07 Å². The van der Waals surface area contributed by atoms with Crippen molar-refractivity contribution >= 4 is 34.9 Å². The number of carbonyl (C=O) groups is 2. The number of likely N-dealkylation sites (tertiary alicyclic amines) is 1. The molecule has 0 radical (unpaired) electrons. The predicted molar refractivity (Wildman–Crippen MR) is 121 cm³/mol. The summed E-state index contributed by atoms with van der Waals surface area (Å²) in [6.45, 7) is 0.869. The lowest BCUT2D eigenvalue weighted by Crippen LogP contribution is -2.65. The molecular formula is C22H29ClN5O2S+. The van der Waals surface area contributed by atoms with Gasteiger partial charge in [-0.2, -0.15) is 0 Å². The Kier molecular flexibility index (Phi) is 6.71. The number of benzene rings is 1. The summed E-state index contributed by atoms with van der Waals surface area (Å²) in [4.78, 5) is 26.4. The van der Waals surface area contributed by atoms with Gasteiger partial charge in [0.2, 0.25) is 0 Å². The maximum Gasteiger partial charge on any atom is 0.331 e. The molecule has 166 valence electrons. The van der Waals surface area contributed by atoms with Gasteiger partial charge in [-0.15, -0.1) is 5.10 Å². The van der Waals surface area contributed by atoms with Crippen molar-refractivity contribution in [3.05, 3.63) is 34.2 Å². The summed E-state index contributed by atoms with van der Waals surface area (Å²) in [6.07, 6.45) is 6.65. The molecule has 1 aliphatic heterocycles. The van der Waals surface area contributed by atoms with Crippen LogP contribution < -0.4 is 11.5 Å². The Bertz CT molecular complexity index is 947. The summed E-state index contributed by atoms with van der Waals surface area (Å²) in [5.74, 6) is -0.358. The molecule has 9 heteroatoms. The molecule has 4 N–H and O–H groups in total. The summed E-state index contributed by atoms with van der Waals surface area (Å²) in [6, 6.07) is 4.37. The van der Waals surface area contributed by atoms with E-state index in [-0.39, 0.29) is 16.3 Å². The van der Waals surface area contributed by atoms with Crippen molar-refractivity contribution in [3.63, 3.8) is 0 Å². The second-order valence-corrected chi connectivity index (χ2v) is 9.88. The molecule has 2 aliphatic rings. The number of aromatic nitrogens is 2. The van der Waals surface area contributed by atoms with Gasteiger partial charge in [0.15, 0.2) is 6.04 Å². The largest absolute Gasteiger partial charge is 0.364 e. The average molecular weight is 463 g/mol. The average Bonchev–Trinajstić information content (AvgIpc) is 3.44. The van der Waals surface area contributed by atoms with Gasteiger partial charge in [-0.25, -0.2) is 9.28 Å². The number of carbonyl (C=O) groups excluding carboxylic acids is 2. The minimum atomic E-state index is -0.594. The number of nitrogens with zero attached hydrogens (tertiary/aromatic N) is 3. The third-order valence-electron chi connectivity index (χ3n) is 7.00. The summed E-state index contributed by atoms with van der Waals surface area (Å²) in [7, 11) is 0. The van der Waals surface area contributed by atoms with E-state index in [0.717, 1.165) is 48.9 Å². The van der Waals surface area contributed by atoms with Crippen LogP contribution in [0.25, 0.3) is 11.3 Å². The maximum absolute atomic E-state index is 13.9. The number of halogens is 1. The standard InChI is InChI=1S/C22H28ClN5O2S/c23-16-8-9-17(18-13-31-27-26-18)15(11-16)12-28(10-4-7-19(28)21(25)29)22(30)20(24)14-5-2-1-3-6-14/h8-9,11,13-14,19-20H,1-7,10,12,24H2,(H-,25,29)/p+1/t19-,20+,28?/m0/s1. The Labute approximate surface area is 191 Å². The second kappa shape index (κ2) is 9.32. The van der Waals surface area contributed by atoms with Crippen molar-refractivity contribution in [2.45, 2.75) is 63.6 Å². The molecule has 0 spiro atoms. The van der Waals surface area contributed by atoms with Crippen LogP contribution in [-0.4, -0.2) is 44.5 Å². The lowest BCUT2D eigenvalue weighted by molar-refractivity contribution is -0.871. The smallest absolute Gasteiger partial charge is 0.331 e. The molecule has 2 aromatic rings. The summed E-state index contributed by atoms with van der Waals surface area (Å²) in [5.41, 5.74) is 14.8. The number of quaternary nitrogens is 1. The SMILES string of the molecule is NC(=O)[C@@H]1CCC[N+]1(Cc1cc(Cl)ccc1-c1csnn1)C(=O)[C@H](N)C1CCCCC1. The number of hydrogen-bond donors (Lipinski definition) is 2. The van der Waals surface area contributed by atoms with Crippen LogP contribution >= 0.6 is 23.1 Å². The highest BCUT2D eigenvalue weighted by molar-refractivity contribution is 7.03. The van der Waals surface area contributed by atoms with Crippen molar-refractivity contribution in [3.8, 4) is 11.3 Å². The van der Waals surface area contributed by atoms with Gasteiger partial charge in [0.25, 0.3) is 5.91 Å². The topological polar surface area (TPSA) is 112 Å². The normalized spacial score (nSPS) is 25.4. The number of amides is 2. The molecule has 1 aliphatic carbocycles. The molecule has 1 saturated carbocycles. The molecule has 2 fully saturated rings. The van der Waals surface area contributed by atoms with Gasteiger partial charge in [0, 0.05) is 34.4 Å². The highest BCUT2D eigenvalue weighted by Crippen LogP contribution is 2.37. The molecule has 1 aromatic carbocycles. The first kappa shape index (κ1) is 22.3. The number of hydrogen-bond acceptors (Lipinski definition) is 6. The van der Waals surface area contributed by atoms with Crippen molar-refractivity contribution in [1.29, 1.82) is 0 Å². The Morgan fingerprint density at radius 2 is 1.97 bits per heavy atom. The number of nitrogens with two attached hydrogens (primary N) is 2. The molecule has 0 bridgehead atoms. The van der Waals surface area contributed by atoms with E-state index in [9.17, 15) is 9.59 Å². The molecular weight excluding hydrogens is 434 g/mol. The summed E-state index contributed by atoms with van der Waals surface area (Å²) < 4.78 is 3.94. The fourth-order valence-electron chi connectivity index (χ4n) is 5.41. The van der Waals surface area contributed by atoms with Crippen LogP contribution in [0.3, 0.4) is 0 Å². The molecule has 1 aromatic heterocycles. The third kappa shape index (κ3) is 4.39. The molecule has 1 unspecified atom stereocenters. The second-order valence-electron chi connectivity index (χ2n) is 8.83. The monoisotopic (exact) mass is 462 g/mol. The zero-order valence-electron chi connectivity index (χ0n) is 17.5. The van der Waals surface area contributed by atoms with Gasteiger partial charge in [-0.3, -0.25) is 4.79 Å². The van der Waals surface area contributed by atoms with Gasteiger partial charge in [0.1, 0.15) is 18.3 Å². The molecule has 2 amide bonds. The quantitative estimate of drug-likeness (QED) is 0.640. The molecule has 7 nitrogen and oxygen atoms in total. The lowest BCUT2D eigenvalue weighted by atomic mass is 9.83. The zero-order chi connectivity index (χ0) is 22.0. The van der Waals surface area contributed by atoms with Gasteiger partial charge in [-0.05, 0) is 42.4 Å². The van der Waals surface area contributed by atoms with E-state index in [1.165, 1.54) is 18.0 Å². The fraction of sp³-hybridized carbons (Fsp3) is 0.545. The first-order chi connectivity index (χ1) is 14.9. The number of primary amides is 1. The highest BCUT2D eigenvalue weighted by Gasteiger charge is 2.53. The Morgan fingerprint density at radius 3 is 2.65 bits per heavy atom. The summed E-state index contributed by atoms with van der Waals surface area (Å²) >= 11 is 7.59. The first-order valence-electron chi connectivity index (χ1n) is 10.9. The van der Waals surface area contributed by atoms with Crippen LogP contribution in [0.2, 0.25) is 5.02 Å². The van der Waals surface area contributed by atoms with E-state index in [4.69, 9.17) is 23.1 Å². The molecule has 1 saturated heterocycles. The highest BCUT2D eigenvalue weighted by atomic mass is 35.5. The van der Waals surface area contributed by atoms with Crippen molar-refractivity contribution in [2.75, 3.05) is 6.54 Å². The van der Waals surface area contributed by atoms with Crippen molar-refractivity contribution in [1.82, 2.24) is 9.59 Å². The van der Waals surface area contributed by atoms with E-state index in [1.807, 2.05) is 17.5 Å². The molecule has 4 rings (SSSR count). The lowest BCUT2D eigenvalue weighted by Gasteiger charge is -2.40. The van der Waals surface area contributed by atoms with Crippen LogP contribution in [-0.2, 0) is 16.1 Å². The fourth-order valence-corrected chi connectivity index (χ4v) is 6.06. The minimum absolute atomic E-state index is 0.0299.